The van der Waals surface area contributed by atoms with E-state index in [1.54, 1.807) is 24.3 Å². The highest BCUT2D eigenvalue weighted by molar-refractivity contribution is 7.92. The summed E-state index contributed by atoms with van der Waals surface area (Å²) in [7, 11) is -2.60. The van der Waals surface area contributed by atoms with Crippen LogP contribution < -0.4 is 14.4 Å². The molecule has 0 aliphatic carbocycles. The van der Waals surface area contributed by atoms with Gasteiger partial charge in [-0.05, 0) is 48.5 Å². The van der Waals surface area contributed by atoms with Crippen LogP contribution in [-0.2, 0) is 10.0 Å². The average Bonchev–Trinajstić information content (AvgIpc) is 3.28. The fraction of sp³-hybridized carbons (Fsp3) is 0.0833. The number of carbonyl (C=O) groups excluding carboxylic acids is 1. The minimum atomic E-state index is -4.11. The van der Waals surface area contributed by atoms with Crippen molar-refractivity contribution in [2.24, 2.45) is 0 Å². The normalized spacial score (nSPS) is 11.2. The third kappa shape index (κ3) is 5.40. The minimum absolute atomic E-state index is 0.0172. The van der Waals surface area contributed by atoms with Gasteiger partial charge in [-0.25, -0.2) is 13.4 Å². The molecule has 0 aliphatic rings. The Balaban J connectivity index is 1.65. The van der Waals surface area contributed by atoms with Crippen molar-refractivity contribution in [1.29, 1.82) is 0 Å². The molecular weight excluding hydrogens is 540 g/mol. The van der Waals surface area contributed by atoms with Crippen LogP contribution in [0.4, 0.5) is 16.5 Å². The highest BCUT2D eigenvalue weighted by Gasteiger charge is 2.26. The van der Waals surface area contributed by atoms with Gasteiger partial charge in [-0.2, -0.15) is 0 Å². The smallest absolute Gasteiger partial charge is 0.270 e. The lowest BCUT2D eigenvalue weighted by Gasteiger charge is -2.23. The van der Waals surface area contributed by atoms with Gasteiger partial charge in [-0.1, -0.05) is 29.0 Å². The molecule has 0 unspecified atom stereocenters. The zero-order valence-electron chi connectivity index (χ0n) is 19.3. The number of hydrogen-bond acceptors (Lipinski definition) is 8. The molecule has 37 heavy (non-hydrogen) atoms. The van der Waals surface area contributed by atoms with E-state index in [0.29, 0.717) is 21.7 Å². The molecule has 0 fully saturated rings. The first kappa shape index (κ1) is 26.1. The van der Waals surface area contributed by atoms with Crippen molar-refractivity contribution in [3.05, 3.63) is 94.0 Å². The van der Waals surface area contributed by atoms with Crippen LogP contribution in [0.3, 0.4) is 0 Å². The molecule has 4 rings (SSSR count). The number of hydrogen-bond donors (Lipinski definition) is 1. The van der Waals surface area contributed by atoms with Crippen LogP contribution in [0.15, 0.2) is 78.2 Å². The Bertz CT molecular complexity index is 1620. The first-order chi connectivity index (χ1) is 17.6. The molecule has 1 heterocycles. The lowest BCUT2D eigenvalue weighted by atomic mass is 10.2. The summed E-state index contributed by atoms with van der Waals surface area (Å²) in [5.74, 6) is -0.120. The topological polar surface area (TPSA) is 132 Å². The fourth-order valence-corrected chi connectivity index (χ4v) is 5.98. The molecule has 0 saturated heterocycles. The second-order valence-corrected chi connectivity index (χ2v) is 10.8. The number of halogens is 1. The van der Waals surface area contributed by atoms with E-state index in [1.165, 1.54) is 49.6 Å². The van der Waals surface area contributed by atoms with E-state index in [2.05, 4.69) is 16.9 Å². The third-order valence-corrected chi connectivity index (χ3v) is 8.28. The zero-order valence-corrected chi connectivity index (χ0v) is 21.6. The van der Waals surface area contributed by atoms with Crippen LogP contribution in [0.2, 0.25) is 5.02 Å². The summed E-state index contributed by atoms with van der Waals surface area (Å²) < 4.78 is 33.9. The van der Waals surface area contributed by atoms with Gasteiger partial charge in [0, 0.05) is 12.1 Å². The molecule has 13 heteroatoms. The van der Waals surface area contributed by atoms with Crippen LogP contribution in [0.25, 0.3) is 10.2 Å². The monoisotopic (exact) mass is 558 g/mol. The number of fused-ring (bicyclic) bond motifs is 1. The number of nitrogens with one attached hydrogen (secondary N) is 1. The molecule has 0 saturated carbocycles. The quantitative estimate of drug-likeness (QED) is 0.163. The number of non-ortho nitro benzene ring substituents is 1. The number of sulfonamides is 1. The van der Waals surface area contributed by atoms with Crippen molar-refractivity contribution in [3.8, 4) is 5.75 Å². The molecule has 1 N–H and O–H groups in total. The number of ether oxygens (including phenoxy) is 1. The lowest BCUT2D eigenvalue weighted by molar-refractivity contribution is -0.384. The number of amides is 1. The largest absolute Gasteiger partial charge is 0.497 e. The fourth-order valence-electron chi connectivity index (χ4n) is 3.42. The summed E-state index contributed by atoms with van der Waals surface area (Å²) in [6.07, 6.45) is 1.45. The number of aromatic nitrogens is 1. The van der Waals surface area contributed by atoms with Crippen molar-refractivity contribution in [1.82, 2.24) is 4.98 Å². The number of anilines is 2. The van der Waals surface area contributed by atoms with Gasteiger partial charge >= 0.3 is 0 Å². The lowest BCUT2D eigenvalue weighted by Crippen LogP contribution is -2.31. The highest BCUT2D eigenvalue weighted by atomic mass is 35.5. The molecule has 190 valence electrons. The SMILES string of the molecule is C=CCN(c1ccc(OC)cc1)S(=O)(=O)c1ccc(Cl)c(C(=O)Nc2nc3ccc([N+](=O)[O-])cc3s2)c1. The number of nitrogens with zero attached hydrogens (tertiary/aromatic N) is 3. The Kier molecular flexibility index (Phi) is 7.43. The second-order valence-electron chi connectivity index (χ2n) is 7.55. The van der Waals surface area contributed by atoms with Gasteiger partial charge in [0.1, 0.15) is 5.75 Å². The summed E-state index contributed by atoms with van der Waals surface area (Å²) >= 11 is 7.28. The molecule has 1 amide bonds. The summed E-state index contributed by atoms with van der Waals surface area (Å²) in [6.45, 7) is 3.63. The summed E-state index contributed by atoms with van der Waals surface area (Å²) in [5, 5.41) is 13.8. The Hall–Kier alpha value is -4.00. The van der Waals surface area contributed by atoms with Gasteiger partial charge in [0.25, 0.3) is 21.6 Å². The molecule has 3 aromatic carbocycles. The van der Waals surface area contributed by atoms with Crippen LogP contribution in [0.1, 0.15) is 10.4 Å². The Morgan fingerprint density at radius 2 is 1.95 bits per heavy atom. The first-order valence-corrected chi connectivity index (χ1v) is 13.2. The van der Waals surface area contributed by atoms with E-state index in [9.17, 15) is 23.3 Å². The van der Waals surface area contributed by atoms with Gasteiger partial charge in [0.05, 0.1) is 50.0 Å². The van der Waals surface area contributed by atoms with Gasteiger partial charge in [-0.3, -0.25) is 24.5 Å². The molecule has 1 aromatic heterocycles. The van der Waals surface area contributed by atoms with E-state index in [0.717, 1.165) is 15.6 Å². The predicted molar refractivity (Wildman–Crippen MR) is 143 cm³/mol. The van der Waals surface area contributed by atoms with Crippen molar-refractivity contribution in [2.45, 2.75) is 4.90 Å². The molecule has 0 radical (unpaired) electrons. The molecule has 0 atom stereocenters. The number of rotatable bonds is 9. The number of methoxy groups -OCH3 is 1. The number of nitro groups is 1. The summed E-state index contributed by atoms with van der Waals surface area (Å²) in [6, 6.07) is 14.4. The Morgan fingerprint density at radius 3 is 2.59 bits per heavy atom. The van der Waals surface area contributed by atoms with E-state index in [-0.39, 0.29) is 32.8 Å². The molecule has 0 aliphatic heterocycles. The van der Waals surface area contributed by atoms with E-state index < -0.39 is 20.9 Å². The average molecular weight is 559 g/mol. The second kappa shape index (κ2) is 10.5. The summed E-state index contributed by atoms with van der Waals surface area (Å²) in [5.41, 5.74) is 0.662. The molecule has 0 spiro atoms. The maximum Gasteiger partial charge on any atom is 0.270 e. The van der Waals surface area contributed by atoms with E-state index in [4.69, 9.17) is 16.3 Å². The summed E-state index contributed by atoms with van der Waals surface area (Å²) in [4.78, 5) is 27.6. The molecule has 10 nitrogen and oxygen atoms in total. The van der Waals surface area contributed by atoms with Crippen molar-refractivity contribution < 1.29 is 22.9 Å². The molecule has 4 aromatic rings. The standard InChI is InChI=1S/C24H19ClN4O6S2/c1-3-12-28(15-4-7-17(35-2)8-5-15)37(33,34)18-9-10-20(25)19(14-18)23(30)27-24-26-21-11-6-16(29(31)32)13-22(21)36-24/h3-11,13-14H,1,12H2,2H3,(H,26,27,30). The number of thiazole rings is 1. The minimum Gasteiger partial charge on any atom is -0.497 e. The molecule has 0 bridgehead atoms. The predicted octanol–water partition coefficient (Wildman–Crippen LogP) is 5.50. The zero-order chi connectivity index (χ0) is 26.7. The van der Waals surface area contributed by atoms with Crippen molar-refractivity contribution in [3.63, 3.8) is 0 Å². The van der Waals surface area contributed by atoms with Crippen molar-refractivity contribution in [2.75, 3.05) is 23.3 Å². The molecular formula is C24H19ClN4O6S2. The van der Waals surface area contributed by atoms with Gasteiger partial charge in [0.15, 0.2) is 5.13 Å². The highest BCUT2D eigenvalue weighted by Crippen LogP contribution is 2.31. The van der Waals surface area contributed by atoms with Gasteiger partial charge in [0.2, 0.25) is 0 Å². The van der Waals surface area contributed by atoms with Crippen LogP contribution in [-0.4, -0.2) is 37.9 Å². The maximum absolute atomic E-state index is 13.5. The third-order valence-electron chi connectivity index (χ3n) is 5.23. The van der Waals surface area contributed by atoms with Gasteiger partial charge < -0.3 is 4.74 Å². The van der Waals surface area contributed by atoms with Gasteiger partial charge in [-0.15, -0.1) is 6.58 Å². The van der Waals surface area contributed by atoms with Crippen LogP contribution in [0, 0.1) is 10.1 Å². The van der Waals surface area contributed by atoms with E-state index >= 15 is 0 Å². The number of benzene rings is 3. The maximum atomic E-state index is 13.5. The first-order valence-electron chi connectivity index (χ1n) is 10.6. The number of carbonyl (C=O) groups is 1. The van der Waals surface area contributed by atoms with Crippen LogP contribution >= 0.6 is 22.9 Å². The Morgan fingerprint density at radius 1 is 1.22 bits per heavy atom. The van der Waals surface area contributed by atoms with Crippen molar-refractivity contribution >= 4 is 65.6 Å². The van der Waals surface area contributed by atoms with Crippen LogP contribution in [0.5, 0.6) is 5.75 Å². The van der Waals surface area contributed by atoms with E-state index in [1.807, 2.05) is 0 Å². The number of nitro benzene ring substituents is 1. The Labute approximate surface area is 221 Å².